The summed E-state index contributed by atoms with van der Waals surface area (Å²) in [5, 5.41) is 14.4. The van der Waals surface area contributed by atoms with Gasteiger partial charge in [-0.15, -0.1) is 0 Å². The molecule has 0 aliphatic heterocycles. The molecule has 5 heteroatoms. The second-order valence-electron chi connectivity index (χ2n) is 2.45. The minimum absolute atomic E-state index is 0.148. The van der Waals surface area contributed by atoms with Crippen molar-refractivity contribution in [2.75, 3.05) is 6.61 Å². The van der Waals surface area contributed by atoms with Gasteiger partial charge in [-0.2, -0.15) is 0 Å². The molecule has 0 aromatic rings. The lowest BCUT2D eigenvalue weighted by atomic mass is 10.3. The van der Waals surface area contributed by atoms with Crippen LogP contribution < -0.4 is 0 Å². The van der Waals surface area contributed by atoms with Gasteiger partial charge in [0.1, 0.15) is 0 Å². The highest BCUT2D eigenvalue weighted by Gasteiger charge is 2.08. The monoisotopic (exact) mass is 186 g/mol. The Kier molecular flexibility index (Phi) is 5.50. The summed E-state index contributed by atoms with van der Waals surface area (Å²) in [6, 6.07) is -0.608. The number of nitrogens with zero attached hydrogens (tertiary/aromatic N) is 2. The molecule has 1 atom stereocenters. The number of ether oxygens (including phenoxy) is 1. The van der Waals surface area contributed by atoms with E-state index in [-0.39, 0.29) is 5.78 Å². The molecule has 13 heavy (non-hydrogen) atoms. The Morgan fingerprint density at radius 1 is 1.77 bits per heavy atom. The molecule has 0 saturated heterocycles. The van der Waals surface area contributed by atoms with Crippen LogP contribution in [0.4, 0.5) is 0 Å². The molecular weight excluding hydrogens is 172 g/mol. The molecule has 0 amide bonds. The van der Waals surface area contributed by atoms with Crippen LogP contribution in [0.2, 0.25) is 0 Å². The average Bonchev–Trinajstić information content (AvgIpc) is 2.04. The first-order valence-corrected chi connectivity index (χ1v) is 4.03. The van der Waals surface area contributed by atoms with Gasteiger partial charge in [0, 0.05) is 0 Å². The standard InChI is InChI=1S/C8H14N2O3/c1-4-13-6-5-10(12)9-7(2)8(3)11/h5-7H,4H2,1-3H3/b6-5+,10-9?. The minimum atomic E-state index is -0.608. The molecule has 0 aliphatic rings. The van der Waals surface area contributed by atoms with Gasteiger partial charge in [-0.3, -0.25) is 4.79 Å². The second kappa shape index (κ2) is 6.16. The smallest absolute Gasteiger partial charge is 0.243 e. The molecule has 0 aromatic carbocycles. The first-order valence-electron chi connectivity index (χ1n) is 4.03. The first-order chi connectivity index (χ1) is 6.07. The Hall–Kier alpha value is -1.39. The van der Waals surface area contributed by atoms with Crippen molar-refractivity contribution >= 4 is 5.78 Å². The highest BCUT2D eigenvalue weighted by molar-refractivity contribution is 5.80. The number of hydroxylamine groups is 1. The number of carbonyl (C=O) groups is 1. The molecular formula is C8H14N2O3. The maximum Gasteiger partial charge on any atom is 0.243 e. The molecule has 1 unspecified atom stereocenters. The van der Waals surface area contributed by atoms with Crippen molar-refractivity contribution in [2.24, 2.45) is 5.11 Å². The molecule has 0 N–H and O–H groups in total. The van der Waals surface area contributed by atoms with Crippen LogP contribution >= 0.6 is 0 Å². The van der Waals surface area contributed by atoms with Crippen molar-refractivity contribution in [3.63, 3.8) is 0 Å². The van der Waals surface area contributed by atoms with Gasteiger partial charge in [-0.25, -0.2) is 0 Å². The lowest BCUT2D eigenvalue weighted by molar-refractivity contribution is -0.462. The fourth-order valence-corrected chi connectivity index (χ4v) is 0.482. The fraction of sp³-hybridized carbons (Fsp3) is 0.625. The largest absolute Gasteiger partial charge is 0.595 e. The summed E-state index contributed by atoms with van der Waals surface area (Å²) in [6.45, 7) is 5.23. The van der Waals surface area contributed by atoms with Gasteiger partial charge in [0.15, 0.2) is 18.1 Å². The van der Waals surface area contributed by atoms with E-state index in [4.69, 9.17) is 4.74 Å². The van der Waals surface area contributed by atoms with Gasteiger partial charge in [0.25, 0.3) is 0 Å². The van der Waals surface area contributed by atoms with Crippen molar-refractivity contribution in [1.82, 2.24) is 0 Å². The SMILES string of the molecule is CCO/C=C/[N+]([O-])=NC(C)C(C)=O. The Morgan fingerprint density at radius 3 is 2.85 bits per heavy atom. The van der Waals surface area contributed by atoms with Crippen LogP contribution in [-0.2, 0) is 9.53 Å². The lowest BCUT2D eigenvalue weighted by Gasteiger charge is -1.98. The first kappa shape index (κ1) is 11.6. The van der Waals surface area contributed by atoms with E-state index in [0.29, 0.717) is 11.5 Å². The van der Waals surface area contributed by atoms with Crippen LogP contribution in [0.25, 0.3) is 0 Å². The summed E-state index contributed by atoms with van der Waals surface area (Å²) < 4.78 is 4.78. The van der Waals surface area contributed by atoms with Gasteiger partial charge in [-0.05, 0) is 25.9 Å². The zero-order valence-electron chi connectivity index (χ0n) is 8.06. The predicted octanol–water partition coefficient (Wildman–Crippen LogP) is 1.43. The Balaban J connectivity index is 4.08. The molecule has 0 saturated carbocycles. The summed E-state index contributed by atoms with van der Waals surface area (Å²) in [5.74, 6) is -0.148. The van der Waals surface area contributed by atoms with Crippen LogP contribution in [-0.4, -0.2) is 23.3 Å². The van der Waals surface area contributed by atoms with Gasteiger partial charge in [-0.1, -0.05) is 4.86 Å². The number of ketones is 1. The zero-order valence-corrected chi connectivity index (χ0v) is 8.06. The van der Waals surface area contributed by atoms with E-state index in [1.54, 1.807) is 13.8 Å². The van der Waals surface area contributed by atoms with E-state index >= 15 is 0 Å². The molecule has 0 heterocycles. The summed E-state index contributed by atoms with van der Waals surface area (Å²) >= 11 is 0. The third-order valence-electron chi connectivity index (χ3n) is 1.33. The van der Waals surface area contributed by atoms with Gasteiger partial charge >= 0.3 is 0 Å². The molecule has 0 rings (SSSR count). The van der Waals surface area contributed by atoms with E-state index in [9.17, 15) is 10.0 Å². The van der Waals surface area contributed by atoms with Crippen molar-refractivity contribution < 1.29 is 14.4 Å². The Bertz CT molecular complexity index is 223. The summed E-state index contributed by atoms with van der Waals surface area (Å²) in [5.41, 5.74) is 0. The average molecular weight is 186 g/mol. The van der Waals surface area contributed by atoms with E-state index in [2.05, 4.69) is 5.11 Å². The van der Waals surface area contributed by atoms with Crippen LogP contribution in [0.15, 0.2) is 17.6 Å². The Labute approximate surface area is 77.3 Å². The van der Waals surface area contributed by atoms with E-state index < -0.39 is 6.04 Å². The number of hydrogen-bond donors (Lipinski definition) is 0. The zero-order chi connectivity index (χ0) is 10.3. The molecule has 0 radical (unpaired) electrons. The number of hydrogen-bond acceptors (Lipinski definition) is 4. The summed E-state index contributed by atoms with van der Waals surface area (Å²) in [7, 11) is 0. The maximum absolute atomic E-state index is 10.9. The third-order valence-corrected chi connectivity index (χ3v) is 1.33. The molecule has 0 spiro atoms. The van der Waals surface area contributed by atoms with E-state index in [1.807, 2.05) is 0 Å². The maximum atomic E-state index is 10.9. The Morgan fingerprint density at radius 2 is 2.38 bits per heavy atom. The quantitative estimate of drug-likeness (QED) is 0.282. The van der Waals surface area contributed by atoms with Crippen LogP contribution in [0.5, 0.6) is 0 Å². The number of azo groups is 1. The molecule has 0 aromatic heterocycles. The molecule has 0 aliphatic carbocycles. The molecule has 74 valence electrons. The number of carbonyl (C=O) groups excluding carboxylic acids is 1. The minimum Gasteiger partial charge on any atom is -0.595 e. The predicted molar refractivity (Wildman–Crippen MR) is 47.0 cm³/mol. The highest BCUT2D eigenvalue weighted by Crippen LogP contribution is 1.92. The molecule has 0 bridgehead atoms. The van der Waals surface area contributed by atoms with E-state index in [0.717, 1.165) is 6.20 Å². The third kappa shape index (κ3) is 5.84. The summed E-state index contributed by atoms with van der Waals surface area (Å²) in [4.78, 5) is 11.0. The normalized spacial score (nSPS) is 14.5. The van der Waals surface area contributed by atoms with E-state index in [1.165, 1.54) is 13.2 Å². The molecule has 0 fully saturated rings. The van der Waals surface area contributed by atoms with Crippen LogP contribution in [0.3, 0.4) is 0 Å². The van der Waals surface area contributed by atoms with Crippen molar-refractivity contribution in [2.45, 2.75) is 26.8 Å². The van der Waals surface area contributed by atoms with Gasteiger partial charge in [0.2, 0.25) is 6.20 Å². The molecule has 5 nitrogen and oxygen atoms in total. The van der Waals surface area contributed by atoms with Crippen molar-refractivity contribution in [3.05, 3.63) is 17.7 Å². The van der Waals surface area contributed by atoms with Crippen LogP contribution in [0, 0.1) is 5.21 Å². The van der Waals surface area contributed by atoms with Gasteiger partial charge < -0.3 is 9.94 Å². The topological polar surface area (TPSA) is 64.7 Å². The number of Topliss-reactive ketones (excluding diaryl/α,β-unsaturated/α-hetero) is 1. The lowest BCUT2D eigenvalue weighted by Crippen LogP contribution is -2.12. The highest BCUT2D eigenvalue weighted by atomic mass is 16.5. The number of rotatable bonds is 5. The summed E-state index contributed by atoms with van der Waals surface area (Å²) in [6.07, 6.45) is 2.35. The van der Waals surface area contributed by atoms with Crippen LogP contribution in [0.1, 0.15) is 20.8 Å². The van der Waals surface area contributed by atoms with Gasteiger partial charge in [0.05, 0.1) is 6.61 Å². The fourth-order valence-electron chi connectivity index (χ4n) is 0.482. The van der Waals surface area contributed by atoms with Crippen molar-refractivity contribution in [1.29, 1.82) is 0 Å². The van der Waals surface area contributed by atoms with Crippen molar-refractivity contribution in [3.8, 4) is 0 Å². The second-order valence-corrected chi connectivity index (χ2v) is 2.45.